The lowest BCUT2D eigenvalue weighted by Crippen LogP contribution is -2.56. The maximum atomic E-state index is 14.2. The molecule has 0 radical (unpaired) electrons. The number of carboxylic acid groups (broad SMARTS) is 1. The van der Waals surface area contributed by atoms with E-state index in [0.29, 0.717) is 25.9 Å². The molecule has 1 aromatic rings. The lowest BCUT2D eigenvalue weighted by atomic mass is 10.0. The summed E-state index contributed by atoms with van der Waals surface area (Å²) in [5, 5.41) is 15.8. The fourth-order valence-corrected chi connectivity index (χ4v) is 7.49. The molecule has 45 heavy (non-hydrogen) atoms. The Morgan fingerprint density at radius 3 is 2.53 bits per heavy atom. The number of amides is 4. The van der Waals surface area contributed by atoms with Gasteiger partial charge in [-0.2, -0.15) is 0 Å². The molecule has 5 atom stereocenters. The Bertz CT molecular complexity index is 1360. The van der Waals surface area contributed by atoms with Crippen molar-refractivity contribution in [1.29, 1.82) is 0 Å². The third kappa shape index (κ3) is 6.72. The van der Waals surface area contributed by atoms with Gasteiger partial charge in [0.15, 0.2) is 0 Å². The van der Waals surface area contributed by atoms with Crippen LogP contribution in [-0.2, 0) is 36.9 Å². The quantitative estimate of drug-likeness (QED) is 0.438. The van der Waals surface area contributed by atoms with E-state index in [9.17, 15) is 29.1 Å². The highest BCUT2D eigenvalue weighted by atomic mass is 16.6. The number of carboxylic acids is 1. The van der Waals surface area contributed by atoms with Crippen LogP contribution in [0, 0.1) is 11.8 Å². The van der Waals surface area contributed by atoms with Crippen molar-refractivity contribution in [3.8, 4) is 0 Å². The zero-order valence-corrected chi connectivity index (χ0v) is 25.7. The number of allylic oxidation sites excluding steroid dienone is 1. The van der Waals surface area contributed by atoms with Gasteiger partial charge in [-0.25, -0.2) is 9.59 Å². The molecule has 0 aromatic heterocycles. The van der Waals surface area contributed by atoms with Crippen molar-refractivity contribution in [2.24, 2.45) is 11.8 Å². The number of carbonyl (C=O) groups is 5. The number of carbonyl (C=O) groups excluding carboxylic acids is 4. The predicted octanol–water partition coefficient (Wildman–Crippen LogP) is 3.31. The molecular formula is C34H44N4O7. The molecule has 3 N–H and O–H groups in total. The summed E-state index contributed by atoms with van der Waals surface area (Å²) in [5.74, 6) is -2.67. The molecule has 3 heterocycles. The molecule has 1 saturated heterocycles. The maximum Gasteiger partial charge on any atom is 0.410 e. The van der Waals surface area contributed by atoms with Gasteiger partial charge in [0.2, 0.25) is 17.7 Å². The number of nitrogens with one attached hydrogen (secondary N) is 2. The first kappa shape index (κ1) is 31.1. The molecule has 3 fully saturated rings. The summed E-state index contributed by atoms with van der Waals surface area (Å²) >= 11 is 0. The lowest BCUT2D eigenvalue weighted by Gasteiger charge is -2.30. The van der Waals surface area contributed by atoms with E-state index in [0.717, 1.165) is 56.9 Å². The third-order valence-corrected chi connectivity index (χ3v) is 10.3. The van der Waals surface area contributed by atoms with Crippen LogP contribution in [0.25, 0.3) is 0 Å². The van der Waals surface area contributed by atoms with E-state index in [-0.39, 0.29) is 37.1 Å². The molecule has 2 aliphatic carbocycles. The normalized spacial score (nSPS) is 30.7. The smallest absolute Gasteiger partial charge is 0.410 e. The summed E-state index contributed by atoms with van der Waals surface area (Å²) in [4.78, 5) is 69.8. The first-order valence-corrected chi connectivity index (χ1v) is 16.6. The summed E-state index contributed by atoms with van der Waals surface area (Å²) in [6, 6.07) is 6.11. The average molecular weight is 621 g/mol. The van der Waals surface area contributed by atoms with E-state index in [4.69, 9.17) is 4.74 Å². The van der Waals surface area contributed by atoms with Gasteiger partial charge in [-0.15, -0.1) is 0 Å². The van der Waals surface area contributed by atoms with Crippen LogP contribution >= 0.6 is 0 Å². The summed E-state index contributed by atoms with van der Waals surface area (Å²) in [5.41, 5.74) is 0.832. The Kier molecular flexibility index (Phi) is 9.14. The minimum Gasteiger partial charge on any atom is -0.479 e. The molecule has 6 rings (SSSR count). The zero-order chi connectivity index (χ0) is 31.6. The summed E-state index contributed by atoms with van der Waals surface area (Å²) in [6.07, 6.45) is 10.8. The van der Waals surface area contributed by atoms with Gasteiger partial charge in [0.25, 0.3) is 0 Å². The van der Waals surface area contributed by atoms with Crippen LogP contribution in [0.3, 0.4) is 0 Å². The molecule has 0 spiro atoms. The van der Waals surface area contributed by atoms with E-state index in [1.54, 1.807) is 4.90 Å². The van der Waals surface area contributed by atoms with Crippen molar-refractivity contribution in [3.05, 3.63) is 47.5 Å². The van der Waals surface area contributed by atoms with Gasteiger partial charge in [-0.05, 0) is 56.1 Å². The van der Waals surface area contributed by atoms with Crippen LogP contribution < -0.4 is 10.6 Å². The zero-order valence-electron chi connectivity index (χ0n) is 25.7. The standard InChI is InChI=1S/C34H44N4O7/c39-29(23-11-7-8-12-23)35-27-15-5-3-1-2-4-14-25-19-34(25,32(42)43)36-30(40)28-18-26(21-38(28)31(27)41)45-33(44)37-17-16-22-10-6-9-13-24(22)20-37/h4,6,9-10,13-14,23,25-28H,1-3,5,7-8,11-12,15-21H2,(H,35,39)(H,36,40)(H,42,43)/t25-,26-,27+,28+,34-/m1/s1. The monoisotopic (exact) mass is 620 g/mol. The minimum atomic E-state index is -1.42. The molecular weight excluding hydrogens is 576 g/mol. The second kappa shape index (κ2) is 13.2. The maximum absolute atomic E-state index is 14.2. The summed E-state index contributed by atoms with van der Waals surface area (Å²) in [7, 11) is 0. The predicted molar refractivity (Wildman–Crippen MR) is 164 cm³/mol. The third-order valence-electron chi connectivity index (χ3n) is 10.3. The van der Waals surface area contributed by atoms with Crippen LogP contribution in [0.2, 0.25) is 0 Å². The molecule has 11 nitrogen and oxygen atoms in total. The highest BCUT2D eigenvalue weighted by Crippen LogP contribution is 2.45. The van der Waals surface area contributed by atoms with Gasteiger partial charge in [0.05, 0.1) is 6.54 Å². The molecule has 0 unspecified atom stereocenters. The van der Waals surface area contributed by atoms with E-state index >= 15 is 0 Å². The van der Waals surface area contributed by atoms with E-state index in [1.807, 2.05) is 30.4 Å². The van der Waals surface area contributed by atoms with Gasteiger partial charge >= 0.3 is 12.1 Å². The molecule has 2 saturated carbocycles. The van der Waals surface area contributed by atoms with Crippen LogP contribution in [0.5, 0.6) is 0 Å². The topological polar surface area (TPSA) is 145 Å². The van der Waals surface area contributed by atoms with Crippen LogP contribution in [0.15, 0.2) is 36.4 Å². The van der Waals surface area contributed by atoms with Crippen molar-refractivity contribution >= 4 is 29.8 Å². The number of hydrogen-bond acceptors (Lipinski definition) is 6. The molecule has 11 heteroatoms. The van der Waals surface area contributed by atoms with E-state index < -0.39 is 47.6 Å². The van der Waals surface area contributed by atoms with E-state index in [2.05, 4.69) is 16.7 Å². The highest BCUT2D eigenvalue weighted by molar-refractivity contribution is 5.96. The number of nitrogens with zero attached hydrogens (tertiary/aromatic N) is 2. The molecule has 4 amide bonds. The first-order valence-electron chi connectivity index (χ1n) is 16.6. The molecule has 3 aliphatic heterocycles. The van der Waals surface area contributed by atoms with E-state index in [1.165, 1.54) is 10.5 Å². The average Bonchev–Trinajstić information content (AvgIpc) is 3.35. The number of benzene rings is 1. The molecule has 242 valence electrons. The Labute approximate surface area is 263 Å². The van der Waals surface area contributed by atoms with Crippen molar-refractivity contribution in [2.45, 2.75) is 107 Å². The second-order valence-corrected chi connectivity index (χ2v) is 13.4. The fourth-order valence-electron chi connectivity index (χ4n) is 7.49. The minimum absolute atomic E-state index is 0.00765. The van der Waals surface area contributed by atoms with Gasteiger partial charge < -0.3 is 30.3 Å². The van der Waals surface area contributed by atoms with Gasteiger partial charge in [0, 0.05) is 31.3 Å². The molecule has 5 aliphatic rings. The number of rotatable bonds is 4. The number of fused-ring (bicyclic) bond motifs is 3. The SMILES string of the molecule is O=C(N[C@H]1CCCCCC=C[C@@H]2C[C@@]2(C(=O)O)NC(=O)[C@@H]2C[C@@H](OC(=O)N3CCc4ccccc4C3)CN2C1=O)C1CCCC1. The highest BCUT2D eigenvalue weighted by Gasteiger charge is 2.61. The lowest BCUT2D eigenvalue weighted by molar-refractivity contribution is -0.146. The van der Waals surface area contributed by atoms with Crippen molar-refractivity contribution < 1.29 is 33.8 Å². The Morgan fingerprint density at radius 2 is 1.76 bits per heavy atom. The Hall–Kier alpha value is -3.89. The summed E-state index contributed by atoms with van der Waals surface area (Å²) in [6.45, 7) is 0.909. The molecule has 1 aromatic carbocycles. The number of aliphatic carboxylic acids is 1. The molecule has 0 bridgehead atoms. The van der Waals surface area contributed by atoms with Crippen molar-refractivity contribution in [3.63, 3.8) is 0 Å². The fraction of sp³-hybridized carbons (Fsp3) is 0.618. The Morgan fingerprint density at radius 1 is 1.00 bits per heavy atom. The van der Waals surface area contributed by atoms with Gasteiger partial charge in [0.1, 0.15) is 23.7 Å². The first-order chi connectivity index (χ1) is 21.7. The van der Waals surface area contributed by atoms with Crippen LogP contribution in [-0.4, -0.2) is 81.5 Å². The second-order valence-electron chi connectivity index (χ2n) is 13.4. The summed E-state index contributed by atoms with van der Waals surface area (Å²) < 4.78 is 5.91. The van der Waals surface area contributed by atoms with Gasteiger partial charge in [-0.1, -0.05) is 62.1 Å². The number of hydrogen-bond donors (Lipinski definition) is 3. The van der Waals surface area contributed by atoms with Crippen LogP contribution in [0.4, 0.5) is 4.79 Å². The van der Waals surface area contributed by atoms with Crippen molar-refractivity contribution in [1.82, 2.24) is 20.4 Å². The number of ether oxygens (including phenoxy) is 1. The Balaban J connectivity index is 1.22. The largest absolute Gasteiger partial charge is 0.479 e. The van der Waals surface area contributed by atoms with Crippen LogP contribution in [0.1, 0.15) is 81.8 Å². The van der Waals surface area contributed by atoms with Gasteiger partial charge in [-0.3, -0.25) is 14.4 Å². The van der Waals surface area contributed by atoms with Crippen molar-refractivity contribution in [2.75, 3.05) is 13.1 Å².